The van der Waals surface area contributed by atoms with Crippen molar-refractivity contribution in [2.75, 3.05) is 39.4 Å². The van der Waals surface area contributed by atoms with Gasteiger partial charge in [0.1, 0.15) is 36.9 Å². The van der Waals surface area contributed by atoms with Crippen molar-refractivity contribution >= 4 is 24.8 Å². The first-order valence-electron chi connectivity index (χ1n) is 9.69. The van der Waals surface area contributed by atoms with E-state index in [2.05, 4.69) is 10.6 Å². The van der Waals surface area contributed by atoms with E-state index in [1.54, 1.807) is 0 Å². The lowest BCUT2D eigenvalue weighted by molar-refractivity contribution is 0.103. The Morgan fingerprint density at radius 3 is 1.50 bits per heavy atom. The van der Waals surface area contributed by atoms with Crippen molar-refractivity contribution in [2.45, 2.75) is 26.1 Å². The molecule has 0 aliphatic carbocycles. The van der Waals surface area contributed by atoms with Gasteiger partial charge in [0.15, 0.2) is 0 Å². The van der Waals surface area contributed by atoms with E-state index < -0.39 is 12.2 Å². The van der Waals surface area contributed by atoms with Crippen LogP contribution in [0.3, 0.4) is 0 Å². The number of aliphatic hydroxyl groups excluding tert-OH is 2. The van der Waals surface area contributed by atoms with Gasteiger partial charge in [-0.2, -0.15) is 0 Å². The molecule has 0 aliphatic heterocycles. The zero-order valence-electron chi connectivity index (χ0n) is 17.5. The summed E-state index contributed by atoms with van der Waals surface area (Å²) in [6, 6.07) is 15.5. The van der Waals surface area contributed by atoms with E-state index in [0.29, 0.717) is 26.2 Å². The fourth-order valence-corrected chi connectivity index (χ4v) is 2.63. The first kappa shape index (κ1) is 28.5. The number of hydrogen-bond acceptors (Lipinski definition) is 6. The molecule has 170 valence electrons. The molecule has 0 bridgehead atoms. The molecule has 2 atom stereocenters. The van der Waals surface area contributed by atoms with Gasteiger partial charge in [-0.05, 0) is 49.2 Å². The van der Waals surface area contributed by atoms with E-state index in [4.69, 9.17) is 9.47 Å². The van der Waals surface area contributed by atoms with Crippen LogP contribution in [0.4, 0.5) is 0 Å². The number of halogens is 2. The van der Waals surface area contributed by atoms with E-state index in [9.17, 15) is 10.2 Å². The van der Waals surface area contributed by atoms with E-state index in [1.807, 2.05) is 62.4 Å². The van der Waals surface area contributed by atoms with Crippen LogP contribution >= 0.6 is 24.8 Å². The van der Waals surface area contributed by atoms with E-state index in [0.717, 1.165) is 22.6 Å². The first-order valence-corrected chi connectivity index (χ1v) is 9.69. The molecule has 2 aromatic rings. The Morgan fingerprint density at radius 1 is 0.733 bits per heavy atom. The molecule has 0 aliphatic rings. The van der Waals surface area contributed by atoms with Crippen molar-refractivity contribution in [1.82, 2.24) is 10.6 Å². The third kappa shape index (κ3) is 12.2. The smallest absolute Gasteiger partial charge is 0.119 e. The van der Waals surface area contributed by atoms with Gasteiger partial charge in [-0.15, -0.1) is 24.8 Å². The zero-order chi connectivity index (χ0) is 20.2. The van der Waals surface area contributed by atoms with Gasteiger partial charge in [-0.3, -0.25) is 0 Å². The minimum atomic E-state index is -0.575. The molecular formula is C22H34Cl2N2O4. The van der Waals surface area contributed by atoms with E-state index >= 15 is 0 Å². The van der Waals surface area contributed by atoms with Crippen molar-refractivity contribution in [3.8, 4) is 11.5 Å². The van der Waals surface area contributed by atoms with Crippen LogP contribution in [0.15, 0.2) is 48.5 Å². The second kappa shape index (κ2) is 16.2. The summed E-state index contributed by atoms with van der Waals surface area (Å²) in [5.41, 5.74) is 2.25. The van der Waals surface area contributed by atoms with Gasteiger partial charge >= 0.3 is 0 Å². The normalized spacial score (nSPS) is 12.3. The summed E-state index contributed by atoms with van der Waals surface area (Å²) in [5.74, 6) is 1.53. The highest BCUT2D eigenvalue weighted by molar-refractivity contribution is 5.85. The maximum Gasteiger partial charge on any atom is 0.119 e. The van der Waals surface area contributed by atoms with Crippen molar-refractivity contribution < 1.29 is 19.7 Å². The number of aliphatic hydroxyl groups is 2. The van der Waals surface area contributed by atoms with Gasteiger partial charge in [0, 0.05) is 26.2 Å². The Labute approximate surface area is 191 Å². The zero-order valence-corrected chi connectivity index (χ0v) is 19.2. The Balaban J connectivity index is 0.00000420. The largest absolute Gasteiger partial charge is 0.491 e. The SMILES string of the molecule is Cc1cccc(OCC(O)CNCCNCC(O)COc2cccc(C)c2)c1.Cl.Cl. The van der Waals surface area contributed by atoms with Gasteiger partial charge in [-0.1, -0.05) is 24.3 Å². The maximum absolute atomic E-state index is 9.96. The first-order chi connectivity index (χ1) is 13.5. The summed E-state index contributed by atoms with van der Waals surface area (Å²) in [7, 11) is 0. The van der Waals surface area contributed by atoms with E-state index in [1.165, 1.54) is 0 Å². The topological polar surface area (TPSA) is 83.0 Å². The molecule has 0 aromatic heterocycles. The van der Waals surface area contributed by atoms with Crippen LogP contribution in [0.1, 0.15) is 11.1 Å². The molecule has 0 saturated heterocycles. The molecule has 2 rings (SSSR count). The quantitative estimate of drug-likeness (QED) is 0.343. The molecule has 0 amide bonds. The molecule has 8 heteroatoms. The number of benzene rings is 2. The van der Waals surface area contributed by atoms with Gasteiger partial charge in [0.2, 0.25) is 0 Å². The summed E-state index contributed by atoms with van der Waals surface area (Å²) in [5, 5.41) is 26.2. The number of aryl methyl sites for hydroxylation is 2. The maximum atomic E-state index is 9.96. The molecule has 0 heterocycles. The highest BCUT2D eigenvalue weighted by atomic mass is 35.5. The molecule has 0 radical (unpaired) electrons. The second-order valence-corrected chi connectivity index (χ2v) is 6.97. The highest BCUT2D eigenvalue weighted by Gasteiger charge is 2.06. The Kier molecular flexibility index (Phi) is 15.4. The molecule has 0 saturated carbocycles. The molecule has 30 heavy (non-hydrogen) atoms. The van der Waals surface area contributed by atoms with Crippen LogP contribution < -0.4 is 20.1 Å². The molecule has 6 nitrogen and oxygen atoms in total. The average Bonchev–Trinajstić information content (AvgIpc) is 2.67. The van der Waals surface area contributed by atoms with E-state index in [-0.39, 0.29) is 38.0 Å². The minimum absolute atomic E-state index is 0. The van der Waals surface area contributed by atoms with Crippen LogP contribution in [0.25, 0.3) is 0 Å². The molecular weight excluding hydrogens is 427 g/mol. The lowest BCUT2D eigenvalue weighted by Crippen LogP contribution is -2.38. The Bertz CT molecular complexity index is 647. The Morgan fingerprint density at radius 2 is 1.13 bits per heavy atom. The van der Waals surface area contributed by atoms with Gasteiger partial charge in [0.05, 0.1) is 0 Å². The third-order valence-corrected chi connectivity index (χ3v) is 4.10. The van der Waals surface area contributed by atoms with Crippen molar-refractivity contribution in [2.24, 2.45) is 0 Å². The molecule has 2 aromatic carbocycles. The number of rotatable bonds is 13. The minimum Gasteiger partial charge on any atom is -0.491 e. The van der Waals surface area contributed by atoms with Crippen LogP contribution in [-0.4, -0.2) is 61.8 Å². The Hall–Kier alpha value is -1.54. The van der Waals surface area contributed by atoms with Crippen LogP contribution in [-0.2, 0) is 0 Å². The fraction of sp³-hybridized carbons (Fsp3) is 0.455. The van der Waals surface area contributed by atoms with Gasteiger partial charge in [-0.25, -0.2) is 0 Å². The number of ether oxygens (including phenoxy) is 2. The summed E-state index contributed by atoms with van der Waals surface area (Å²) in [6.45, 7) is 6.78. The second-order valence-electron chi connectivity index (χ2n) is 6.97. The predicted octanol–water partition coefficient (Wildman–Crippen LogP) is 2.51. The number of nitrogens with one attached hydrogen (secondary N) is 2. The highest BCUT2D eigenvalue weighted by Crippen LogP contribution is 2.13. The monoisotopic (exact) mass is 460 g/mol. The van der Waals surface area contributed by atoms with Crippen LogP contribution in [0, 0.1) is 13.8 Å². The predicted molar refractivity (Wildman–Crippen MR) is 126 cm³/mol. The standard InChI is InChI=1S/C22H32N2O4.2ClH/c1-17-5-3-7-21(11-17)27-15-19(25)13-23-9-10-24-14-20(26)16-28-22-8-4-6-18(2)12-22;;/h3-8,11-12,19-20,23-26H,9-10,13-16H2,1-2H3;2*1H. The lowest BCUT2D eigenvalue weighted by atomic mass is 10.2. The molecule has 4 N–H and O–H groups in total. The van der Waals surface area contributed by atoms with Crippen molar-refractivity contribution in [3.05, 3.63) is 59.7 Å². The van der Waals surface area contributed by atoms with Gasteiger partial charge in [0.25, 0.3) is 0 Å². The fourth-order valence-electron chi connectivity index (χ4n) is 2.63. The molecule has 2 unspecified atom stereocenters. The summed E-state index contributed by atoms with van der Waals surface area (Å²) in [6.07, 6.45) is -1.15. The summed E-state index contributed by atoms with van der Waals surface area (Å²) < 4.78 is 11.2. The summed E-state index contributed by atoms with van der Waals surface area (Å²) >= 11 is 0. The van der Waals surface area contributed by atoms with Gasteiger partial charge < -0.3 is 30.3 Å². The van der Waals surface area contributed by atoms with Crippen molar-refractivity contribution in [1.29, 1.82) is 0 Å². The molecule has 0 spiro atoms. The lowest BCUT2D eigenvalue weighted by Gasteiger charge is -2.15. The van der Waals surface area contributed by atoms with Crippen LogP contribution in [0.2, 0.25) is 0 Å². The van der Waals surface area contributed by atoms with Crippen LogP contribution in [0.5, 0.6) is 11.5 Å². The third-order valence-electron chi connectivity index (χ3n) is 4.10. The average molecular weight is 461 g/mol. The number of hydrogen-bond donors (Lipinski definition) is 4. The summed E-state index contributed by atoms with van der Waals surface area (Å²) in [4.78, 5) is 0. The molecule has 0 fully saturated rings. The van der Waals surface area contributed by atoms with Crippen molar-refractivity contribution in [3.63, 3.8) is 0 Å².